The van der Waals surface area contributed by atoms with Crippen LogP contribution in [0.1, 0.15) is 5.56 Å². The van der Waals surface area contributed by atoms with Gasteiger partial charge in [-0.1, -0.05) is 17.7 Å². The molecule has 0 bridgehead atoms. The maximum absolute atomic E-state index is 8.43. The average molecular weight is 352 g/mol. The van der Waals surface area contributed by atoms with E-state index in [0.29, 0.717) is 17.3 Å². The molecule has 0 aliphatic carbocycles. The first-order valence-corrected chi connectivity index (χ1v) is 7.14. The van der Waals surface area contributed by atoms with Crippen LogP contribution in [0, 0.1) is 11.3 Å². The lowest BCUT2D eigenvalue weighted by Crippen LogP contribution is -1.99. The molecule has 0 saturated heterocycles. The van der Waals surface area contributed by atoms with Crippen molar-refractivity contribution in [2.45, 2.75) is 6.54 Å². The Bertz CT molecular complexity index is 623. The van der Waals surface area contributed by atoms with Gasteiger partial charge in [-0.25, -0.2) is 0 Å². The molecule has 0 aliphatic rings. The molecule has 0 amide bonds. The van der Waals surface area contributed by atoms with E-state index in [1.165, 1.54) is 0 Å². The number of ether oxygens (including phenoxy) is 1. The average Bonchev–Trinajstić information content (AvgIpc) is 2.47. The molecule has 2 rings (SSSR count). The van der Waals surface area contributed by atoms with Crippen LogP contribution in [0.25, 0.3) is 0 Å². The second-order valence-corrected chi connectivity index (χ2v) is 5.33. The van der Waals surface area contributed by atoms with Crippen molar-refractivity contribution in [1.29, 1.82) is 5.26 Å². The van der Waals surface area contributed by atoms with Crippen LogP contribution < -0.4 is 10.1 Å². The summed E-state index contributed by atoms with van der Waals surface area (Å²) in [4.78, 5) is 0. The van der Waals surface area contributed by atoms with E-state index in [1.807, 2.05) is 48.5 Å². The van der Waals surface area contributed by atoms with Crippen molar-refractivity contribution in [2.75, 3.05) is 11.9 Å². The van der Waals surface area contributed by atoms with Crippen LogP contribution in [0.4, 0.5) is 5.69 Å². The molecule has 0 aromatic heterocycles. The van der Waals surface area contributed by atoms with Crippen LogP contribution in [0.15, 0.2) is 46.9 Å². The first kappa shape index (κ1) is 14.7. The third-order valence-corrected chi connectivity index (χ3v) is 3.87. The molecule has 2 aromatic carbocycles. The molecule has 0 unspecified atom stereocenters. The topological polar surface area (TPSA) is 45.0 Å². The summed E-state index contributed by atoms with van der Waals surface area (Å²) in [6, 6.07) is 15.3. The number of hydrogen-bond donors (Lipinski definition) is 1. The molecule has 0 atom stereocenters. The Hall–Kier alpha value is -1.70. The van der Waals surface area contributed by atoms with Gasteiger partial charge in [0.05, 0.1) is 5.02 Å². The Labute approximate surface area is 131 Å². The summed E-state index contributed by atoms with van der Waals surface area (Å²) in [5.41, 5.74) is 2.08. The third-order valence-electron chi connectivity index (χ3n) is 2.64. The zero-order valence-electron chi connectivity index (χ0n) is 10.6. The minimum absolute atomic E-state index is 0.0597. The minimum Gasteiger partial charge on any atom is -0.479 e. The number of nitriles is 1. The summed E-state index contributed by atoms with van der Waals surface area (Å²) in [7, 11) is 0. The Morgan fingerprint density at radius 3 is 2.60 bits per heavy atom. The quantitative estimate of drug-likeness (QED) is 0.855. The van der Waals surface area contributed by atoms with Gasteiger partial charge in [-0.2, -0.15) is 5.26 Å². The van der Waals surface area contributed by atoms with Gasteiger partial charge in [0.1, 0.15) is 11.8 Å². The van der Waals surface area contributed by atoms with E-state index >= 15 is 0 Å². The largest absolute Gasteiger partial charge is 0.479 e. The fourth-order valence-electron chi connectivity index (χ4n) is 1.64. The monoisotopic (exact) mass is 350 g/mol. The molecule has 0 spiro atoms. The van der Waals surface area contributed by atoms with Crippen molar-refractivity contribution in [2.24, 2.45) is 0 Å². The number of nitrogens with zero attached hydrogens (tertiary/aromatic N) is 1. The van der Waals surface area contributed by atoms with Gasteiger partial charge in [0.25, 0.3) is 0 Å². The minimum atomic E-state index is 0.0597. The fourth-order valence-corrected chi connectivity index (χ4v) is 2.09. The van der Waals surface area contributed by atoms with E-state index < -0.39 is 0 Å². The SMILES string of the molecule is N#CCOc1ccc(NCc2ccc(Br)c(Cl)c2)cc1. The summed E-state index contributed by atoms with van der Waals surface area (Å²) < 4.78 is 6.08. The maximum atomic E-state index is 8.43. The van der Waals surface area contributed by atoms with E-state index in [1.54, 1.807) is 0 Å². The molecule has 102 valence electrons. The summed E-state index contributed by atoms with van der Waals surface area (Å²) in [6.45, 7) is 0.746. The molecule has 2 aromatic rings. The van der Waals surface area contributed by atoms with Crippen LogP contribution in [0.5, 0.6) is 5.75 Å². The van der Waals surface area contributed by atoms with Crippen LogP contribution in [-0.2, 0) is 6.54 Å². The first-order valence-electron chi connectivity index (χ1n) is 5.96. The molecular formula is C15H12BrClN2O. The number of anilines is 1. The third kappa shape index (κ3) is 4.16. The first-order chi connectivity index (χ1) is 9.69. The van der Waals surface area contributed by atoms with Gasteiger partial charge >= 0.3 is 0 Å². The molecule has 1 N–H and O–H groups in total. The van der Waals surface area contributed by atoms with Crippen molar-refractivity contribution < 1.29 is 4.74 Å². The molecule has 0 fully saturated rings. The van der Waals surface area contributed by atoms with Gasteiger partial charge in [0, 0.05) is 16.7 Å². The van der Waals surface area contributed by atoms with Crippen LogP contribution >= 0.6 is 27.5 Å². The normalized spacial score (nSPS) is 9.85. The predicted octanol–water partition coefficient (Wildman–Crippen LogP) is 4.62. The van der Waals surface area contributed by atoms with Crippen molar-refractivity contribution in [3.05, 3.63) is 57.5 Å². The highest BCUT2D eigenvalue weighted by Crippen LogP contribution is 2.24. The Morgan fingerprint density at radius 2 is 1.95 bits per heavy atom. The number of benzene rings is 2. The van der Waals surface area contributed by atoms with E-state index in [2.05, 4.69) is 21.2 Å². The summed E-state index contributed by atoms with van der Waals surface area (Å²) in [5.74, 6) is 0.684. The summed E-state index contributed by atoms with van der Waals surface area (Å²) in [6.07, 6.45) is 0. The van der Waals surface area contributed by atoms with Gasteiger partial charge in [-0.15, -0.1) is 0 Å². The number of nitrogens with one attached hydrogen (secondary N) is 1. The lowest BCUT2D eigenvalue weighted by atomic mass is 10.2. The van der Waals surface area contributed by atoms with Crippen LogP contribution in [-0.4, -0.2) is 6.61 Å². The standard InChI is InChI=1S/C15H12BrClN2O/c16-14-6-1-11(9-15(14)17)10-19-12-2-4-13(5-3-12)20-8-7-18/h1-6,9,19H,8,10H2. The molecule has 3 nitrogen and oxygen atoms in total. The van der Waals surface area contributed by atoms with Crippen LogP contribution in [0.2, 0.25) is 5.02 Å². The molecule has 0 aliphatic heterocycles. The van der Waals surface area contributed by atoms with Crippen molar-refractivity contribution in [1.82, 2.24) is 0 Å². The molecule has 5 heteroatoms. The highest BCUT2D eigenvalue weighted by Gasteiger charge is 2.00. The van der Waals surface area contributed by atoms with Crippen LogP contribution in [0.3, 0.4) is 0 Å². The second-order valence-electron chi connectivity index (χ2n) is 4.07. The van der Waals surface area contributed by atoms with Gasteiger partial charge in [-0.3, -0.25) is 0 Å². The Balaban J connectivity index is 1.93. The Morgan fingerprint density at radius 1 is 1.20 bits per heavy atom. The van der Waals surface area contributed by atoms with Gasteiger partial charge in [0.2, 0.25) is 0 Å². The summed E-state index contributed by atoms with van der Waals surface area (Å²) >= 11 is 9.41. The van der Waals surface area contributed by atoms with Gasteiger partial charge < -0.3 is 10.1 Å². The Kier molecular flexibility index (Phi) is 5.28. The summed E-state index contributed by atoms with van der Waals surface area (Å²) in [5, 5.41) is 12.4. The van der Waals surface area contributed by atoms with Crippen molar-refractivity contribution in [3.63, 3.8) is 0 Å². The highest BCUT2D eigenvalue weighted by molar-refractivity contribution is 9.10. The van der Waals surface area contributed by atoms with Crippen molar-refractivity contribution >= 4 is 33.2 Å². The molecule has 20 heavy (non-hydrogen) atoms. The zero-order valence-corrected chi connectivity index (χ0v) is 12.9. The zero-order chi connectivity index (χ0) is 14.4. The van der Waals surface area contributed by atoms with E-state index in [-0.39, 0.29) is 6.61 Å². The van der Waals surface area contributed by atoms with Gasteiger partial charge in [0.15, 0.2) is 6.61 Å². The number of hydrogen-bond acceptors (Lipinski definition) is 3. The highest BCUT2D eigenvalue weighted by atomic mass is 79.9. The molecular weight excluding hydrogens is 340 g/mol. The molecule has 0 heterocycles. The molecule has 0 saturated carbocycles. The predicted molar refractivity (Wildman–Crippen MR) is 84.0 cm³/mol. The van der Waals surface area contributed by atoms with E-state index in [9.17, 15) is 0 Å². The van der Waals surface area contributed by atoms with E-state index in [0.717, 1.165) is 15.7 Å². The van der Waals surface area contributed by atoms with E-state index in [4.69, 9.17) is 21.6 Å². The number of halogens is 2. The smallest absolute Gasteiger partial charge is 0.174 e. The molecule has 0 radical (unpaired) electrons. The lowest BCUT2D eigenvalue weighted by molar-refractivity contribution is 0.368. The lowest BCUT2D eigenvalue weighted by Gasteiger charge is -2.08. The fraction of sp³-hybridized carbons (Fsp3) is 0.133. The maximum Gasteiger partial charge on any atom is 0.174 e. The number of rotatable bonds is 5. The second kappa shape index (κ2) is 7.18. The van der Waals surface area contributed by atoms with Gasteiger partial charge in [-0.05, 0) is 57.9 Å². The van der Waals surface area contributed by atoms with Crippen molar-refractivity contribution in [3.8, 4) is 11.8 Å².